The molecule has 0 radical (unpaired) electrons. The molecule has 1 atom stereocenters. The molecule has 6 heteroatoms. The van der Waals surface area contributed by atoms with Gasteiger partial charge < -0.3 is 14.2 Å². The lowest BCUT2D eigenvalue weighted by Gasteiger charge is -2.18. The van der Waals surface area contributed by atoms with E-state index in [1.54, 1.807) is 0 Å². The van der Waals surface area contributed by atoms with Gasteiger partial charge in [-0.2, -0.15) is 0 Å². The van der Waals surface area contributed by atoms with Gasteiger partial charge in [0.1, 0.15) is 13.2 Å². The molecule has 0 rings (SSSR count). The van der Waals surface area contributed by atoms with Crippen molar-refractivity contribution in [1.29, 1.82) is 0 Å². The Bertz CT molecular complexity index is 1560. The third-order valence-corrected chi connectivity index (χ3v) is 14.8. The first-order valence-corrected chi connectivity index (χ1v) is 34.2. The molecule has 0 aliphatic rings. The Morgan fingerprint density at radius 2 is 0.500 bits per heavy atom. The summed E-state index contributed by atoms with van der Waals surface area (Å²) in [7, 11) is 0. The number of rotatable bonds is 62. The van der Waals surface area contributed by atoms with Gasteiger partial charge in [0.2, 0.25) is 0 Å². The van der Waals surface area contributed by atoms with Gasteiger partial charge in [-0.1, -0.05) is 317 Å². The van der Waals surface area contributed by atoms with Crippen molar-refractivity contribution in [2.75, 3.05) is 13.2 Å². The molecule has 0 aliphatic carbocycles. The Morgan fingerprint density at radius 1 is 0.263 bits per heavy atom. The van der Waals surface area contributed by atoms with Crippen molar-refractivity contribution >= 4 is 17.9 Å². The zero-order valence-electron chi connectivity index (χ0n) is 52.8. The molecule has 0 aromatic carbocycles. The summed E-state index contributed by atoms with van der Waals surface area (Å²) >= 11 is 0. The molecule has 0 amide bonds. The Balaban J connectivity index is 4.40. The van der Waals surface area contributed by atoms with E-state index in [9.17, 15) is 14.4 Å². The van der Waals surface area contributed by atoms with Crippen LogP contribution < -0.4 is 0 Å². The summed E-state index contributed by atoms with van der Waals surface area (Å²) in [6, 6.07) is 0. The quantitative estimate of drug-likeness (QED) is 0.0261. The van der Waals surface area contributed by atoms with E-state index >= 15 is 0 Å². The molecule has 0 aromatic heterocycles. The van der Waals surface area contributed by atoms with Crippen LogP contribution in [0.25, 0.3) is 0 Å². The topological polar surface area (TPSA) is 78.9 Å². The van der Waals surface area contributed by atoms with Gasteiger partial charge in [-0.05, 0) is 96.3 Å². The summed E-state index contributed by atoms with van der Waals surface area (Å²) in [6.07, 6.45) is 91.4. The average Bonchev–Trinajstić information content (AvgIpc) is 3.46. The molecule has 0 saturated carbocycles. The standard InChI is InChI=1S/C74H128O6/c1-4-7-10-13-16-19-22-25-28-31-33-35-36-37-38-39-41-43-46-49-52-55-58-61-64-67-73(76)79-70-71(69-78-72(75)66-63-60-57-54-51-48-45-42-30-27-24-21-18-15-12-9-6-3)80-74(77)68-65-62-59-56-53-50-47-44-40-34-32-29-26-23-20-17-14-11-8-5-2/h9,12,18,21-22,25,27,30-31,33,36-37,45,48,54,57,71H,4-8,10-11,13-17,19-20,23-24,26,28-29,32,34-35,38-44,46-47,49-53,55-56,58-70H2,1-3H3/b12-9-,21-18-,25-22-,30-27-,33-31-,37-36-,48-45-,57-54-. The summed E-state index contributed by atoms with van der Waals surface area (Å²) in [6.45, 7) is 6.51. The van der Waals surface area contributed by atoms with E-state index in [-0.39, 0.29) is 37.5 Å². The first-order valence-electron chi connectivity index (χ1n) is 34.2. The molecule has 0 aliphatic heterocycles. The van der Waals surface area contributed by atoms with Crippen LogP contribution in [0.3, 0.4) is 0 Å². The lowest BCUT2D eigenvalue weighted by atomic mass is 10.0. The fraction of sp³-hybridized carbons (Fsp3) is 0.743. The van der Waals surface area contributed by atoms with Gasteiger partial charge in [-0.15, -0.1) is 0 Å². The van der Waals surface area contributed by atoms with Gasteiger partial charge in [-0.25, -0.2) is 0 Å². The van der Waals surface area contributed by atoms with Gasteiger partial charge in [0, 0.05) is 19.3 Å². The van der Waals surface area contributed by atoms with Gasteiger partial charge in [0.15, 0.2) is 6.10 Å². The normalized spacial score (nSPS) is 12.7. The van der Waals surface area contributed by atoms with E-state index in [1.165, 1.54) is 199 Å². The summed E-state index contributed by atoms with van der Waals surface area (Å²) in [4.78, 5) is 38.4. The SMILES string of the molecule is CC/C=C\C/C=C\C/C=C\C/C=C\C/C=C\CCCC(=O)OCC(COC(=O)CCCCCCCCCCCC/C=C\C/C=C\C/C=C\CCCCCCC)OC(=O)CCCCCCCCCCCCCCCCCCCCCC. The fourth-order valence-corrected chi connectivity index (χ4v) is 9.72. The number of hydrogen-bond donors (Lipinski definition) is 0. The highest BCUT2D eigenvalue weighted by Crippen LogP contribution is 2.17. The Hall–Kier alpha value is -3.67. The van der Waals surface area contributed by atoms with Crippen LogP contribution in [0.5, 0.6) is 0 Å². The predicted octanol–water partition coefficient (Wildman–Crippen LogP) is 23.6. The largest absolute Gasteiger partial charge is 0.462 e. The fourth-order valence-electron chi connectivity index (χ4n) is 9.72. The molecule has 80 heavy (non-hydrogen) atoms. The van der Waals surface area contributed by atoms with Crippen LogP contribution in [0.2, 0.25) is 0 Å². The Kier molecular flexibility index (Phi) is 64.7. The Morgan fingerprint density at radius 3 is 0.812 bits per heavy atom. The second kappa shape index (κ2) is 67.8. The average molecular weight is 1110 g/mol. The molecule has 0 fully saturated rings. The maximum atomic E-state index is 12.9. The van der Waals surface area contributed by atoms with Crippen molar-refractivity contribution in [3.63, 3.8) is 0 Å². The van der Waals surface area contributed by atoms with Crippen molar-refractivity contribution in [2.45, 2.75) is 341 Å². The van der Waals surface area contributed by atoms with Crippen molar-refractivity contribution in [1.82, 2.24) is 0 Å². The smallest absolute Gasteiger partial charge is 0.306 e. The first kappa shape index (κ1) is 76.3. The number of hydrogen-bond acceptors (Lipinski definition) is 6. The van der Waals surface area contributed by atoms with E-state index in [1.807, 2.05) is 0 Å². The maximum absolute atomic E-state index is 12.9. The third kappa shape index (κ3) is 65.1. The molecule has 0 bridgehead atoms. The first-order chi connectivity index (χ1) is 39.5. The highest BCUT2D eigenvalue weighted by Gasteiger charge is 2.19. The van der Waals surface area contributed by atoms with Crippen molar-refractivity contribution in [2.24, 2.45) is 0 Å². The van der Waals surface area contributed by atoms with Crippen molar-refractivity contribution in [3.05, 3.63) is 97.2 Å². The molecule has 0 aromatic rings. The van der Waals surface area contributed by atoms with Crippen LogP contribution in [-0.4, -0.2) is 37.2 Å². The van der Waals surface area contributed by atoms with Crippen LogP contribution in [0.15, 0.2) is 97.2 Å². The predicted molar refractivity (Wildman–Crippen MR) is 348 cm³/mol. The van der Waals surface area contributed by atoms with Crippen molar-refractivity contribution < 1.29 is 28.6 Å². The summed E-state index contributed by atoms with van der Waals surface area (Å²) in [5.41, 5.74) is 0. The minimum Gasteiger partial charge on any atom is -0.462 e. The van der Waals surface area contributed by atoms with Gasteiger partial charge in [0.25, 0.3) is 0 Å². The molecule has 0 heterocycles. The van der Waals surface area contributed by atoms with Gasteiger partial charge in [-0.3, -0.25) is 14.4 Å². The van der Waals surface area contributed by atoms with Crippen LogP contribution >= 0.6 is 0 Å². The molecular weight excluding hydrogens is 985 g/mol. The van der Waals surface area contributed by atoms with Crippen LogP contribution in [0.1, 0.15) is 335 Å². The van der Waals surface area contributed by atoms with E-state index < -0.39 is 6.10 Å². The molecule has 0 N–H and O–H groups in total. The third-order valence-electron chi connectivity index (χ3n) is 14.8. The van der Waals surface area contributed by atoms with E-state index in [4.69, 9.17) is 14.2 Å². The zero-order chi connectivity index (χ0) is 57.8. The number of allylic oxidation sites excluding steroid dienone is 16. The lowest BCUT2D eigenvalue weighted by Crippen LogP contribution is -2.30. The number of unbranched alkanes of at least 4 members (excludes halogenated alkanes) is 35. The molecule has 460 valence electrons. The minimum atomic E-state index is -0.803. The number of carbonyl (C=O) groups excluding carboxylic acids is 3. The van der Waals surface area contributed by atoms with Gasteiger partial charge in [0.05, 0.1) is 0 Å². The number of esters is 3. The van der Waals surface area contributed by atoms with Crippen LogP contribution in [0, 0.1) is 0 Å². The highest BCUT2D eigenvalue weighted by molar-refractivity contribution is 5.71. The molecular formula is C74H128O6. The van der Waals surface area contributed by atoms with E-state index in [0.717, 1.165) is 89.9 Å². The van der Waals surface area contributed by atoms with Crippen LogP contribution in [-0.2, 0) is 28.6 Å². The molecule has 1 unspecified atom stereocenters. The molecule has 0 saturated heterocycles. The molecule has 6 nitrogen and oxygen atoms in total. The Labute approximate surface area is 496 Å². The number of ether oxygens (including phenoxy) is 3. The summed E-state index contributed by atoms with van der Waals surface area (Å²) < 4.78 is 16.9. The minimum absolute atomic E-state index is 0.0950. The maximum Gasteiger partial charge on any atom is 0.306 e. The summed E-state index contributed by atoms with van der Waals surface area (Å²) in [5.74, 6) is -0.944. The van der Waals surface area contributed by atoms with E-state index in [0.29, 0.717) is 19.3 Å². The van der Waals surface area contributed by atoms with Crippen LogP contribution in [0.4, 0.5) is 0 Å². The lowest BCUT2D eigenvalue weighted by molar-refractivity contribution is -0.167. The highest BCUT2D eigenvalue weighted by atomic mass is 16.6. The molecule has 0 spiro atoms. The van der Waals surface area contributed by atoms with Gasteiger partial charge >= 0.3 is 17.9 Å². The summed E-state index contributed by atoms with van der Waals surface area (Å²) in [5, 5.41) is 0. The number of carbonyl (C=O) groups is 3. The second-order valence-electron chi connectivity index (χ2n) is 22.7. The second-order valence-corrected chi connectivity index (χ2v) is 22.7. The van der Waals surface area contributed by atoms with Crippen molar-refractivity contribution in [3.8, 4) is 0 Å². The zero-order valence-corrected chi connectivity index (χ0v) is 52.8. The monoisotopic (exact) mass is 1110 g/mol. The van der Waals surface area contributed by atoms with E-state index in [2.05, 4.69) is 118 Å².